The second-order valence-corrected chi connectivity index (χ2v) is 5.42. The molecule has 1 aliphatic rings. The molecule has 0 unspecified atom stereocenters. The Morgan fingerprint density at radius 2 is 1.57 bits per heavy atom. The van der Waals surface area contributed by atoms with Crippen molar-refractivity contribution in [3.8, 4) is 0 Å². The molecule has 0 bridgehead atoms. The molecule has 0 saturated carbocycles. The molecule has 2 heterocycles. The quantitative estimate of drug-likeness (QED) is 0.930. The second kappa shape index (κ2) is 6.70. The third kappa shape index (κ3) is 3.60. The fraction of sp³-hybridized carbons (Fsp3) is 0.353. The number of piperazine rings is 1. The summed E-state index contributed by atoms with van der Waals surface area (Å²) in [7, 11) is 0. The van der Waals surface area contributed by atoms with E-state index in [2.05, 4.69) is 51.2 Å². The molecule has 0 aliphatic carbocycles. The molecular formula is C17H22N4. The number of pyridine rings is 1. The fourth-order valence-corrected chi connectivity index (χ4v) is 2.76. The van der Waals surface area contributed by atoms with Gasteiger partial charge in [0.25, 0.3) is 0 Å². The molecule has 4 heteroatoms. The number of aromatic nitrogens is 1. The molecule has 110 valence electrons. The highest BCUT2D eigenvalue weighted by Gasteiger charge is 2.17. The van der Waals surface area contributed by atoms with Gasteiger partial charge in [-0.3, -0.25) is 9.88 Å². The Labute approximate surface area is 126 Å². The predicted molar refractivity (Wildman–Crippen MR) is 86.1 cm³/mol. The van der Waals surface area contributed by atoms with Crippen LogP contribution in [0.5, 0.6) is 0 Å². The van der Waals surface area contributed by atoms with Gasteiger partial charge in [0.15, 0.2) is 0 Å². The van der Waals surface area contributed by atoms with Crippen molar-refractivity contribution in [3.05, 3.63) is 59.9 Å². The maximum Gasteiger partial charge on any atom is 0.0547 e. The molecule has 3 rings (SSSR count). The second-order valence-electron chi connectivity index (χ2n) is 5.42. The number of benzene rings is 1. The van der Waals surface area contributed by atoms with E-state index in [1.807, 2.05) is 12.1 Å². The van der Waals surface area contributed by atoms with Gasteiger partial charge in [-0.05, 0) is 24.3 Å². The first kappa shape index (κ1) is 14.0. The van der Waals surface area contributed by atoms with Crippen LogP contribution in [0.2, 0.25) is 0 Å². The minimum absolute atomic E-state index is 0.510. The van der Waals surface area contributed by atoms with Gasteiger partial charge in [-0.15, -0.1) is 0 Å². The molecule has 0 amide bonds. The molecule has 0 spiro atoms. The van der Waals surface area contributed by atoms with Crippen molar-refractivity contribution >= 4 is 5.69 Å². The predicted octanol–water partition coefficient (Wildman–Crippen LogP) is 1.86. The fourth-order valence-electron chi connectivity index (χ4n) is 2.76. The summed E-state index contributed by atoms with van der Waals surface area (Å²) >= 11 is 0. The smallest absolute Gasteiger partial charge is 0.0547 e. The summed E-state index contributed by atoms with van der Waals surface area (Å²) in [4.78, 5) is 9.49. The lowest BCUT2D eigenvalue weighted by Gasteiger charge is -2.36. The van der Waals surface area contributed by atoms with Gasteiger partial charge in [0, 0.05) is 45.0 Å². The third-order valence-electron chi connectivity index (χ3n) is 3.95. The zero-order valence-corrected chi connectivity index (χ0v) is 12.3. The monoisotopic (exact) mass is 282 g/mol. The summed E-state index contributed by atoms with van der Waals surface area (Å²) in [5.74, 6) is 0. The van der Waals surface area contributed by atoms with Crippen molar-refractivity contribution in [3.63, 3.8) is 0 Å². The van der Waals surface area contributed by atoms with E-state index in [1.54, 1.807) is 0 Å². The van der Waals surface area contributed by atoms with E-state index >= 15 is 0 Å². The maximum absolute atomic E-state index is 5.65. The summed E-state index contributed by atoms with van der Waals surface area (Å²) in [6, 6.07) is 16.7. The van der Waals surface area contributed by atoms with Gasteiger partial charge in [0.1, 0.15) is 0 Å². The Hall–Kier alpha value is -1.91. The van der Waals surface area contributed by atoms with E-state index in [1.165, 1.54) is 5.69 Å². The van der Waals surface area contributed by atoms with E-state index in [4.69, 9.17) is 5.73 Å². The lowest BCUT2D eigenvalue weighted by Crippen LogP contribution is -2.46. The van der Waals surface area contributed by atoms with Gasteiger partial charge in [-0.1, -0.05) is 24.3 Å². The molecule has 1 fully saturated rings. The Kier molecular flexibility index (Phi) is 4.48. The molecule has 2 N–H and O–H groups in total. The van der Waals surface area contributed by atoms with E-state index in [0.717, 1.165) is 44.1 Å². The summed E-state index contributed by atoms with van der Waals surface area (Å²) in [6.45, 7) is 5.71. The van der Waals surface area contributed by atoms with Crippen LogP contribution in [-0.4, -0.2) is 36.1 Å². The van der Waals surface area contributed by atoms with Crippen LogP contribution in [0, 0.1) is 0 Å². The van der Waals surface area contributed by atoms with Crippen LogP contribution in [0.1, 0.15) is 11.4 Å². The molecule has 4 nitrogen and oxygen atoms in total. The van der Waals surface area contributed by atoms with E-state index < -0.39 is 0 Å². The molecule has 2 aromatic rings. The van der Waals surface area contributed by atoms with Crippen LogP contribution in [0.3, 0.4) is 0 Å². The highest BCUT2D eigenvalue weighted by molar-refractivity contribution is 5.46. The van der Waals surface area contributed by atoms with Crippen LogP contribution in [-0.2, 0) is 13.1 Å². The van der Waals surface area contributed by atoms with Crippen LogP contribution >= 0.6 is 0 Å². The Morgan fingerprint density at radius 1 is 0.857 bits per heavy atom. The normalized spacial score (nSPS) is 16.1. The Balaban J connectivity index is 1.56. The minimum Gasteiger partial charge on any atom is -0.369 e. The summed E-state index contributed by atoms with van der Waals surface area (Å²) < 4.78 is 0. The number of nitrogens with zero attached hydrogens (tertiary/aromatic N) is 3. The van der Waals surface area contributed by atoms with Gasteiger partial charge >= 0.3 is 0 Å². The van der Waals surface area contributed by atoms with E-state index in [0.29, 0.717) is 6.54 Å². The van der Waals surface area contributed by atoms with Crippen molar-refractivity contribution < 1.29 is 0 Å². The van der Waals surface area contributed by atoms with Crippen molar-refractivity contribution in [2.45, 2.75) is 13.1 Å². The number of hydrogen-bond acceptors (Lipinski definition) is 4. The number of para-hydroxylation sites is 1. The largest absolute Gasteiger partial charge is 0.369 e. The lowest BCUT2D eigenvalue weighted by atomic mass is 10.2. The van der Waals surface area contributed by atoms with Crippen molar-refractivity contribution in [1.29, 1.82) is 0 Å². The highest BCUT2D eigenvalue weighted by Crippen LogP contribution is 2.16. The number of nitrogens with two attached hydrogens (primary N) is 1. The highest BCUT2D eigenvalue weighted by atomic mass is 15.3. The van der Waals surface area contributed by atoms with Crippen LogP contribution in [0.15, 0.2) is 48.5 Å². The Morgan fingerprint density at radius 3 is 2.29 bits per heavy atom. The zero-order valence-electron chi connectivity index (χ0n) is 12.3. The average molecular weight is 282 g/mol. The van der Waals surface area contributed by atoms with E-state index in [9.17, 15) is 0 Å². The standard InChI is InChI=1S/C17H22N4/c18-13-15-5-4-6-16(19-15)14-20-9-11-21(12-10-20)17-7-2-1-3-8-17/h1-8H,9-14,18H2. The van der Waals surface area contributed by atoms with Crippen molar-refractivity contribution in [1.82, 2.24) is 9.88 Å². The molecule has 0 radical (unpaired) electrons. The molecular weight excluding hydrogens is 260 g/mol. The zero-order chi connectivity index (χ0) is 14.5. The van der Waals surface area contributed by atoms with Crippen LogP contribution in [0.25, 0.3) is 0 Å². The van der Waals surface area contributed by atoms with E-state index in [-0.39, 0.29) is 0 Å². The van der Waals surface area contributed by atoms with Crippen molar-refractivity contribution in [2.75, 3.05) is 31.1 Å². The SMILES string of the molecule is NCc1cccc(CN2CCN(c3ccccc3)CC2)n1. The molecule has 0 atom stereocenters. The van der Waals surface area contributed by atoms with Crippen LogP contribution < -0.4 is 10.6 Å². The maximum atomic E-state index is 5.65. The number of rotatable bonds is 4. The number of hydrogen-bond donors (Lipinski definition) is 1. The first-order chi connectivity index (χ1) is 10.3. The van der Waals surface area contributed by atoms with Gasteiger partial charge in [-0.2, -0.15) is 0 Å². The molecule has 1 aromatic heterocycles. The minimum atomic E-state index is 0.510. The van der Waals surface area contributed by atoms with Gasteiger partial charge in [0.2, 0.25) is 0 Å². The molecule has 21 heavy (non-hydrogen) atoms. The summed E-state index contributed by atoms with van der Waals surface area (Å²) in [5, 5.41) is 0. The molecule has 1 aliphatic heterocycles. The molecule has 1 aromatic carbocycles. The summed E-state index contributed by atoms with van der Waals surface area (Å²) in [5.41, 5.74) is 9.06. The van der Waals surface area contributed by atoms with Gasteiger partial charge in [0.05, 0.1) is 11.4 Å². The summed E-state index contributed by atoms with van der Waals surface area (Å²) in [6.07, 6.45) is 0. The number of anilines is 1. The first-order valence-electron chi connectivity index (χ1n) is 7.52. The van der Waals surface area contributed by atoms with Crippen LogP contribution in [0.4, 0.5) is 5.69 Å². The topological polar surface area (TPSA) is 45.4 Å². The lowest BCUT2D eigenvalue weighted by molar-refractivity contribution is 0.247. The van der Waals surface area contributed by atoms with Gasteiger partial charge < -0.3 is 10.6 Å². The average Bonchev–Trinajstić information content (AvgIpc) is 2.56. The van der Waals surface area contributed by atoms with Crippen molar-refractivity contribution in [2.24, 2.45) is 5.73 Å². The third-order valence-corrected chi connectivity index (χ3v) is 3.95. The Bertz CT molecular complexity index is 562. The van der Waals surface area contributed by atoms with Gasteiger partial charge in [-0.25, -0.2) is 0 Å². The first-order valence-corrected chi connectivity index (χ1v) is 7.52. The molecule has 1 saturated heterocycles.